The summed E-state index contributed by atoms with van der Waals surface area (Å²) < 4.78 is 7.04. The number of carbonyl (C=O) groups excluding carboxylic acids is 1. The lowest BCUT2D eigenvalue weighted by molar-refractivity contribution is 0.0951. The Kier molecular flexibility index (Phi) is 5.33. The van der Waals surface area contributed by atoms with Gasteiger partial charge in [0.05, 0.1) is 30.6 Å². The van der Waals surface area contributed by atoms with Crippen LogP contribution in [0.5, 0.6) is 5.75 Å². The number of amides is 1. The number of carbonyl (C=O) groups is 1. The number of hydrogen-bond donors (Lipinski definition) is 1. The van der Waals surface area contributed by atoms with Crippen molar-refractivity contribution in [3.8, 4) is 22.7 Å². The van der Waals surface area contributed by atoms with E-state index in [1.54, 1.807) is 24.2 Å². The predicted molar refractivity (Wildman–Crippen MR) is 111 cm³/mol. The third-order valence-electron chi connectivity index (χ3n) is 4.48. The minimum absolute atomic E-state index is 0.212. The molecule has 0 fully saturated rings. The smallest absolute Gasteiger partial charge is 0.255 e. The maximum absolute atomic E-state index is 13.0. The van der Waals surface area contributed by atoms with Gasteiger partial charge in [0.25, 0.3) is 5.91 Å². The monoisotopic (exact) mass is 384 g/mol. The van der Waals surface area contributed by atoms with Crippen molar-refractivity contribution in [3.05, 3.63) is 96.4 Å². The van der Waals surface area contributed by atoms with Crippen LogP contribution in [0.2, 0.25) is 0 Å². The molecule has 0 atom stereocenters. The van der Waals surface area contributed by atoms with Gasteiger partial charge >= 0.3 is 0 Å². The van der Waals surface area contributed by atoms with E-state index in [0.717, 1.165) is 16.9 Å². The second-order valence-corrected chi connectivity index (χ2v) is 6.41. The van der Waals surface area contributed by atoms with Gasteiger partial charge < -0.3 is 10.1 Å². The number of para-hydroxylation sites is 1. The van der Waals surface area contributed by atoms with Crippen molar-refractivity contribution in [1.29, 1.82) is 0 Å². The van der Waals surface area contributed by atoms with Gasteiger partial charge in [-0.1, -0.05) is 36.4 Å². The van der Waals surface area contributed by atoms with Gasteiger partial charge in [0.1, 0.15) is 11.4 Å². The molecule has 6 nitrogen and oxygen atoms in total. The summed E-state index contributed by atoms with van der Waals surface area (Å²) in [6.07, 6.45) is 3.45. The SMILES string of the molecule is COc1cccc(-c2nn(-c3ccccc3)cc2C(=O)NCc2ccccn2)c1. The van der Waals surface area contributed by atoms with Crippen LogP contribution in [0, 0.1) is 0 Å². The zero-order chi connectivity index (χ0) is 20.1. The number of ether oxygens (including phenoxy) is 1. The first-order valence-electron chi connectivity index (χ1n) is 9.22. The summed E-state index contributed by atoms with van der Waals surface area (Å²) in [5.41, 5.74) is 3.55. The summed E-state index contributed by atoms with van der Waals surface area (Å²) >= 11 is 0. The molecule has 6 heteroatoms. The molecule has 1 amide bonds. The third-order valence-corrected chi connectivity index (χ3v) is 4.48. The fraction of sp³-hybridized carbons (Fsp3) is 0.0870. The minimum atomic E-state index is -0.212. The van der Waals surface area contributed by atoms with Crippen molar-refractivity contribution in [3.63, 3.8) is 0 Å². The molecule has 4 rings (SSSR count). The Hall–Kier alpha value is -3.93. The number of methoxy groups -OCH3 is 1. The Morgan fingerprint density at radius 2 is 1.86 bits per heavy atom. The van der Waals surface area contributed by atoms with Gasteiger partial charge in [-0.3, -0.25) is 9.78 Å². The molecule has 1 N–H and O–H groups in total. The molecule has 29 heavy (non-hydrogen) atoms. The summed E-state index contributed by atoms with van der Waals surface area (Å²) in [5, 5.41) is 7.62. The second kappa shape index (κ2) is 8.39. The van der Waals surface area contributed by atoms with E-state index in [9.17, 15) is 4.79 Å². The Labute approximate surface area is 168 Å². The van der Waals surface area contributed by atoms with Crippen LogP contribution < -0.4 is 10.1 Å². The molecule has 0 spiro atoms. The molecule has 4 aromatic rings. The highest BCUT2D eigenvalue weighted by atomic mass is 16.5. The number of pyridine rings is 1. The number of nitrogens with zero attached hydrogens (tertiary/aromatic N) is 3. The van der Waals surface area contributed by atoms with Gasteiger partial charge in [-0.05, 0) is 36.4 Å². The summed E-state index contributed by atoms with van der Waals surface area (Å²) in [6.45, 7) is 0.341. The Morgan fingerprint density at radius 3 is 2.62 bits per heavy atom. The molecule has 2 aromatic carbocycles. The fourth-order valence-electron chi connectivity index (χ4n) is 3.01. The Bertz CT molecular complexity index is 1110. The normalized spacial score (nSPS) is 10.5. The van der Waals surface area contributed by atoms with Crippen molar-refractivity contribution >= 4 is 5.91 Å². The maximum atomic E-state index is 13.0. The fourth-order valence-corrected chi connectivity index (χ4v) is 3.01. The molecule has 144 valence electrons. The van der Waals surface area contributed by atoms with Crippen molar-refractivity contribution in [1.82, 2.24) is 20.1 Å². The first-order chi connectivity index (χ1) is 14.2. The van der Waals surface area contributed by atoms with Gasteiger partial charge in [-0.2, -0.15) is 5.10 Å². The van der Waals surface area contributed by atoms with E-state index >= 15 is 0 Å². The van der Waals surface area contributed by atoms with E-state index in [2.05, 4.69) is 15.4 Å². The van der Waals surface area contributed by atoms with Crippen LogP contribution in [-0.2, 0) is 6.54 Å². The van der Waals surface area contributed by atoms with Crippen molar-refractivity contribution < 1.29 is 9.53 Å². The van der Waals surface area contributed by atoms with E-state index < -0.39 is 0 Å². The molecule has 2 heterocycles. The lowest BCUT2D eigenvalue weighted by atomic mass is 10.1. The Morgan fingerprint density at radius 1 is 1.03 bits per heavy atom. The highest BCUT2D eigenvalue weighted by Gasteiger charge is 2.19. The molecule has 0 radical (unpaired) electrons. The van der Waals surface area contributed by atoms with Crippen LogP contribution in [-0.4, -0.2) is 27.8 Å². The molecule has 2 aromatic heterocycles. The summed E-state index contributed by atoms with van der Waals surface area (Å²) in [5.74, 6) is 0.493. The molecular weight excluding hydrogens is 364 g/mol. The minimum Gasteiger partial charge on any atom is -0.497 e. The van der Waals surface area contributed by atoms with Crippen molar-refractivity contribution in [2.45, 2.75) is 6.54 Å². The lowest BCUT2D eigenvalue weighted by Crippen LogP contribution is -2.23. The summed E-state index contributed by atoms with van der Waals surface area (Å²) in [7, 11) is 1.61. The van der Waals surface area contributed by atoms with E-state index in [1.807, 2.05) is 72.8 Å². The van der Waals surface area contributed by atoms with Gasteiger partial charge in [0, 0.05) is 18.0 Å². The molecule has 0 bridgehead atoms. The van der Waals surface area contributed by atoms with E-state index in [0.29, 0.717) is 23.6 Å². The average molecular weight is 384 g/mol. The number of rotatable bonds is 6. The van der Waals surface area contributed by atoms with Crippen LogP contribution in [0.1, 0.15) is 16.1 Å². The molecular formula is C23H20N4O2. The quantitative estimate of drug-likeness (QED) is 0.548. The van der Waals surface area contributed by atoms with Crippen LogP contribution >= 0.6 is 0 Å². The largest absolute Gasteiger partial charge is 0.497 e. The molecule has 0 saturated heterocycles. The van der Waals surface area contributed by atoms with E-state index in [1.165, 1.54) is 0 Å². The second-order valence-electron chi connectivity index (χ2n) is 6.41. The van der Waals surface area contributed by atoms with Crippen LogP contribution in [0.25, 0.3) is 16.9 Å². The van der Waals surface area contributed by atoms with Crippen LogP contribution in [0.3, 0.4) is 0 Å². The molecule has 0 aliphatic carbocycles. The third kappa shape index (κ3) is 4.16. The van der Waals surface area contributed by atoms with Gasteiger partial charge in [-0.25, -0.2) is 4.68 Å². The summed E-state index contributed by atoms with van der Waals surface area (Å²) in [6, 6.07) is 22.8. The number of benzene rings is 2. The van der Waals surface area contributed by atoms with E-state index in [-0.39, 0.29) is 5.91 Å². The zero-order valence-electron chi connectivity index (χ0n) is 15.9. The van der Waals surface area contributed by atoms with Gasteiger partial charge in [-0.15, -0.1) is 0 Å². The number of aromatic nitrogens is 3. The Balaban J connectivity index is 1.70. The molecule has 0 aliphatic heterocycles. The molecule has 0 unspecified atom stereocenters. The standard InChI is InChI=1S/C23H20N4O2/c1-29-20-12-7-8-17(14-20)22-21(16-27(26-22)19-10-3-2-4-11-19)23(28)25-15-18-9-5-6-13-24-18/h2-14,16H,15H2,1H3,(H,25,28). The van der Waals surface area contributed by atoms with Crippen LogP contribution in [0.4, 0.5) is 0 Å². The first kappa shape index (κ1) is 18.4. The molecule has 0 aliphatic rings. The summed E-state index contributed by atoms with van der Waals surface area (Å²) in [4.78, 5) is 17.2. The predicted octanol–water partition coefficient (Wildman–Crippen LogP) is 3.87. The van der Waals surface area contributed by atoms with Gasteiger partial charge in [0.15, 0.2) is 0 Å². The van der Waals surface area contributed by atoms with Crippen molar-refractivity contribution in [2.24, 2.45) is 0 Å². The number of hydrogen-bond acceptors (Lipinski definition) is 4. The highest BCUT2D eigenvalue weighted by Crippen LogP contribution is 2.27. The zero-order valence-corrected chi connectivity index (χ0v) is 15.9. The van der Waals surface area contributed by atoms with E-state index in [4.69, 9.17) is 4.74 Å². The first-order valence-corrected chi connectivity index (χ1v) is 9.22. The van der Waals surface area contributed by atoms with Crippen LogP contribution in [0.15, 0.2) is 85.2 Å². The average Bonchev–Trinajstić information content (AvgIpc) is 3.24. The molecule has 0 saturated carbocycles. The topological polar surface area (TPSA) is 69.0 Å². The number of nitrogens with one attached hydrogen (secondary N) is 1. The van der Waals surface area contributed by atoms with Crippen molar-refractivity contribution in [2.75, 3.05) is 7.11 Å². The lowest BCUT2D eigenvalue weighted by Gasteiger charge is -2.06. The highest BCUT2D eigenvalue weighted by molar-refractivity contribution is 6.00. The van der Waals surface area contributed by atoms with Gasteiger partial charge in [0.2, 0.25) is 0 Å². The maximum Gasteiger partial charge on any atom is 0.255 e.